The van der Waals surface area contributed by atoms with Gasteiger partial charge in [-0.05, 0) is 47.3 Å². The van der Waals surface area contributed by atoms with E-state index in [1.807, 2.05) is 6.92 Å². The number of amides is 2. The molecule has 0 spiro atoms. The van der Waals surface area contributed by atoms with Crippen LogP contribution in [-0.4, -0.2) is 50.1 Å². The number of hydrogen-bond donors (Lipinski definition) is 1. The van der Waals surface area contributed by atoms with Crippen LogP contribution in [0.1, 0.15) is 36.5 Å². The fourth-order valence-electron chi connectivity index (χ4n) is 2.53. The third-order valence-electron chi connectivity index (χ3n) is 3.80. The van der Waals surface area contributed by atoms with Gasteiger partial charge in [0.2, 0.25) is 5.91 Å². The molecule has 0 bridgehead atoms. The van der Waals surface area contributed by atoms with Crippen LogP contribution < -0.4 is 14.8 Å². The number of carbonyl (C=O) groups is 2. The first-order valence-electron chi connectivity index (χ1n) is 8.13. The minimum Gasteiger partial charge on any atom is -0.493 e. The summed E-state index contributed by atoms with van der Waals surface area (Å²) in [6.45, 7) is 4.13. The average Bonchev–Trinajstić information content (AvgIpc) is 3.12. The molecule has 0 radical (unpaired) electrons. The molecule has 6 nitrogen and oxygen atoms in total. The maximum Gasteiger partial charge on any atom is 0.251 e. The van der Waals surface area contributed by atoms with Crippen molar-refractivity contribution in [3.63, 3.8) is 0 Å². The molecule has 1 heterocycles. The number of nitrogens with one attached hydrogen (secondary N) is 1. The topological polar surface area (TPSA) is 67.9 Å². The van der Waals surface area contributed by atoms with Gasteiger partial charge in [-0.1, -0.05) is 6.92 Å². The third-order valence-corrected chi connectivity index (χ3v) is 4.39. The van der Waals surface area contributed by atoms with Gasteiger partial charge in [-0.3, -0.25) is 9.59 Å². The van der Waals surface area contributed by atoms with Crippen molar-refractivity contribution in [1.29, 1.82) is 0 Å². The lowest BCUT2D eigenvalue weighted by molar-refractivity contribution is -0.129. The smallest absolute Gasteiger partial charge is 0.251 e. The van der Waals surface area contributed by atoms with Crippen molar-refractivity contribution in [3.05, 3.63) is 22.2 Å². The zero-order valence-electron chi connectivity index (χ0n) is 14.1. The van der Waals surface area contributed by atoms with Crippen LogP contribution in [0.2, 0.25) is 0 Å². The van der Waals surface area contributed by atoms with Gasteiger partial charge in [0.1, 0.15) is 0 Å². The molecule has 0 aliphatic carbocycles. The zero-order chi connectivity index (χ0) is 17.5. The number of hydrogen-bond acceptors (Lipinski definition) is 4. The van der Waals surface area contributed by atoms with Gasteiger partial charge in [0, 0.05) is 18.7 Å². The first kappa shape index (κ1) is 18.6. The van der Waals surface area contributed by atoms with Crippen LogP contribution in [0.5, 0.6) is 11.5 Å². The highest BCUT2D eigenvalue weighted by Gasteiger charge is 2.20. The maximum atomic E-state index is 12.3. The van der Waals surface area contributed by atoms with Gasteiger partial charge in [0.25, 0.3) is 5.91 Å². The SMILES string of the molecule is CCCOc1c(Br)cc(C(=O)NCC(=O)N2CCCC2)cc1OC. The Balaban J connectivity index is 2.03. The number of likely N-dealkylation sites (tertiary alicyclic amines) is 1. The van der Waals surface area contributed by atoms with E-state index < -0.39 is 0 Å². The summed E-state index contributed by atoms with van der Waals surface area (Å²) in [7, 11) is 1.53. The number of nitrogens with zero attached hydrogens (tertiary/aromatic N) is 1. The molecule has 0 atom stereocenters. The summed E-state index contributed by atoms with van der Waals surface area (Å²) in [5.41, 5.74) is 0.414. The predicted molar refractivity (Wildman–Crippen MR) is 94.6 cm³/mol. The average molecular weight is 399 g/mol. The van der Waals surface area contributed by atoms with Gasteiger partial charge in [0.15, 0.2) is 11.5 Å². The van der Waals surface area contributed by atoms with Gasteiger partial charge in [-0.15, -0.1) is 0 Å². The summed E-state index contributed by atoms with van der Waals surface area (Å²) < 4.78 is 11.6. The summed E-state index contributed by atoms with van der Waals surface area (Å²) in [4.78, 5) is 26.1. The highest BCUT2D eigenvalue weighted by Crippen LogP contribution is 2.36. The highest BCUT2D eigenvalue weighted by molar-refractivity contribution is 9.10. The minimum absolute atomic E-state index is 0.00680. The predicted octanol–water partition coefficient (Wildman–Crippen LogP) is 2.60. The fourth-order valence-corrected chi connectivity index (χ4v) is 3.09. The van der Waals surface area contributed by atoms with E-state index in [4.69, 9.17) is 9.47 Å². The van der Waals surface area contributed by atoms with Crippen molar-refractivity contribution < 1.29 is 19.1 Å². The van der Waals surface area contributed by atoms with Gasteiger partial charge in [-0.2, -0.15) is 0 Å². The summed E-state index contributed by atoms with van der Waals surface area (Å²) in [5, 5.41) is 2.67. The molecule has 2 amide bonds. The molecule has 1 aliphatic heterocycles. The van der Waals surface area contributed by atoms with E-state index in [0.29, 0.717) is 28.1 Å². The summed E-state index contributed by atoms with van der Waals surface area (Å²) in [6.07, 6.45) is 2.93. The molecular formula is C17H23BrN2O4. The van der Waals surface area contributed by atoms with Gasteiger partial charge >= 0.3 is 0 Å². The van der Waals surface area contributed by atoms with Gasteiger partial charge < -0.3 is 19.7 Å². The second-order valence-corrected chi connectivity index (χ2v) is 6.46. The molecule has 2 rings (SSSR count). The molecule has 7 heteroatoms. The molecule has 1 fully saturated rings. The first-order valence-corrected chi connectivity index (χ1v) is 8.92. The van der Waals surface area contributed by atoms with Gasteiger partial charge in [-0.25, -0.2) is 0 Å². The van der Waals surface area contributed by atoms with Crippen LogP contribution in [0, 0.1) is 0 Å². The molecule has 1 aromatic carbocycles. The molecule has 1 N–H and O–H groups in total. The Kier molecular flexibility index (Phi) is 6.90. The minimum atomic E-state index is -0.316. The Labute approximate surface area is 150 Å². The number of methoxy groups -OCH3 is 1. The highest BCUT2D eigenvalue weighted by atomic mass is 79.9. The summed E-state index contributed by atoms with van der Waals surface area (Å²) >= 11 is 3.41. The molecular weight excluding hydrogens is 376 g/mol. The van der Waals surface area contributed by atoms with Gasteiger partial charge in [0.05, 0.1) is 24.7 Å². The van der Waals surface area contributed by atoms with E-state index in [-0.39, 0.29) is 18.4 Å². The number of halogens is 1. The van der Waals surface area contributed by atoms with Crippen molar-refractivity contribution >= 4 is 27.7 Å². The van der Waals surface area contributed by atoms with E-state index in [9.17, 15) is 9.59 Å². The zero-order valence-corrected chi connectivity index (χ0v) is 15.6. The molecule has 1 saturated heterocycles. The Morgan fingerprint density at radius 3 is 2.62 bits per heavy atom. The molecule has 1 aromatic rings. The molecule has 0 unspecified atom stereocenters. The largest absolute Gasteiger partial charge is 0.493 e. The van der Waals surface area contributed by atoms with Crippen LogP contribution in [0.25, 0.3) is 0 Å². The van der Waals surface area contributed by atoms with Crippen LogP contribution in [-0.2, 0) is 4.79 Å². The Morgan fingerprint density at radius 1 is 1.29 bits per heavy atom. The number of carbonyl (C=O) groups excluding carboxylic acids is 2. The number of ether oxygens (including phenoxy) is 2. The van der Waals surface area contributed by atoms with Crippen LogP contribution in [0.4, 0.5) is 0 Å². The fraction of sp³-hybridized carbons (Fsp3) is 0.529. The second-order valence-electron chi connectivity index (χ2n) is 5.61. The van der Waals surface area contributed by atoms with E-state index in [1.54, 1.807) is 17.0 Å². The lowest BCUT2D eigenvalue weighted by Gasteiger charge is -2.16. The Bertz CT molecular complexity index is 600. The third kappa shape index (κ3) is 4.63. The molecule has 0 saturated carbocycles. The lowest BCUT2D eigenvalue weighted by Crippen LogP contribution is -2.38. The van der Waals surface area contributed by atoms with E-state index in [1.165, 1.54) is 7.11 Å². The maximum absolute atomic E-state index is 12.3. The summed E-state index contributed by atoms with van der Waals surface area (Å²) in [6, 6.07) is 3.29. The molecule has 1 aliphatic rings. The van der Waals surface area contributed by atoms with Crippen LogP contribution in [0.15, 0.2) is 16.6 Å². The van der Waals surface area contributed by atoms with Crippen LogP contribution in [0.3, 0.4) is 0 Å². The Morgan fingerprint density at radius 2 is 2.00 bits per heavy atom. The van der Waals surface area contributed by atoms with E-state index in [0.717, 1.165) is 32.4 Å². The van der Waals surface area contributed by atoms with E-state index in [2.05, 4.69) is 21.2 Å². The Hall–Kier alpha value is -1.76. The quantitative estimate of drug-likeness (QED) is 0.766. The summed E-state index contributed by atoms with van der Waals surface area (Å²) in [5.74, 6) is 0.691. The number of benzene rings is 1. The standard InChI is InChI=1S/C17H23BrN2O4/c1-3-8-24-16-13(18)9-12(10-14(16)23-2)17(22)19-11-15(21)20-6-4-5-7-20/h9-10H,3-8,11H2,1-2H3,(H,19,22). The number of rotatable bonds is 7. The first-order chi connectivity index (χ1) is 11.6. The van der Waals surface area contributed by atoms with Crippen LogP contribution >= 0.6 is 15.9 Å². The molecule has 24 heavy (non-hydrogen) atoms. The van der Waals surface area contributed by atoms with Crippen molar-refractivity contribution in [3.8, 4) is 11.5 Å². The lowest BCUT2D eigenvalue weighted by atomic mass is 10.2. The monoisotopic (exact) mass is 398 g/mol. The molecule has 0 aromatic heterocycles. The normalized spacial score (nSPS) is 13.7. The molecule has 132 valence electrons. The van der Waals surface area contributed by atoms with Crippen molar-refractivity contribution in [1.82, 2.24) is 10.2 Å². The van der Waals surface area contributed by atoms with Crippen molar-refractivity contribution in [2.24, 2.45) is 0 Å². The van der Waals surface area contributed by atoms with E-state index >= 15 is 0 Å². The van der Waals surface area contributed by atoms with Crippen molar-refractivity contribution in [2.75, 3.05) is 33.4 Å². The van der Waals surface area contributed by atoms with Crippen molar-refractivity contribution in [2.45, 2.75) is 26.2 Å². The second kappa shape index (κ2) is 8.92.